The highest BCUT2D eigenvalue weighted by molar-refractivity contribution is 7.90. The number of aliphatic hydroxyl groups is 1. The van der Waals surface area contributed by atoms with Crippen LogP contribution >= 0.6 is 0 Å². The van der Waals surface area contributed by atoms with Gasteiger partial charge in [0.25, 0.3) is 0 Å². The Morgan fingerprint density at radius 3 is 2.26 bits per heavy atom. The molecule has 1 aromatic carbocycles. The van der Waals surface area contributed by atoms with E-state index in [1.54, 1.807) is 0 Å². The summed E-state index contributed by atoms with van der Waals surface area (Å²) in [5.74, 6) is 1.06. The van der Waals surface area contributed by atoms with Crippen molar-refractivity contribution in [3.05, 3.63) is 35.9 Å². The van der Waals surface area contributed by atoms with Gasteiger partial charge in [0.15, 0.2) is 0 Å². The minimum absolute atomic E-state index is 0.0677. The fraction of sp³-hybridized carbons (Fsp3) is 0.733. The number of benzene rings is 1. The predicted octanol–water partition coefficient (Wildman–Crippen LogP) is 3.58. The Kier molecular flexibility index (Phi) is 15.9. The van der Waals surface area contributed by atoms with Gasteiger partial charge in [0, 0.05) is 31.3 Å². The van der Waals surface area contributed by atoms with Gasteiger partial charge >= 0.3 is 0 Å². The molecule has 0 spiro atoms. The number of carbonyl (C=O) groups is 2. The number of β-amino-alcohol motifs (C(OH)–C–C–N with tert-alkyl or cyclic N) is 1. The van der Waals surface area contributed by atoms with E-state index >= 15 is 0 Å². The third-order valence-electron chi connectivity index (χ3n) is 7.12. The number of fused-ring (bicyclic) bond motifs is 1. The van der Waals surface area contributed by atoms with E-state index in [9.17, 15) is 23.1 Å². The van der Waals surface area contributed by atoms with Crippen LogP contribution in [0.4, 0.5) is 0 Å². The number of hydrogen-bond donors (Lipinski definition) is 3. The maximum atomic E-state index is 12.4. The Morgan fingerprint density at radius 2 is 1.72 bits per heavy atom. The standard InChI is InChI=1S/C23H36N2O4S.C5H11NO.C2H6/c1-30(28,29)14-12-23(27)24-21(15-18-7-3-2-4-8-18)22(26)17-25-13-11-19-9-5-6-10-20(19)16-25;1-5(2,3)6-4-7;1-2/h2-4,7-8,19-22,26H,5-6,9-17H2,1H3,(H,24,27);4H,1-3H3,(H,6,7);1-2H3/t19-,20+,21-,22+;;/m0../s1. The lowest BCUT2D eigenvalue weighted by Crippen LogP contribution is -2.52. The summed E-state index contributed by atoms with van der Waals surface area (Å²) in [6.07, 6.45) is 8.06. The molecule has 0 bridgehead atoms. The number of likely N-dealkylation sites (tertiary alicyclic amines) is 1. The second-order valence-electron chi connectivity index (χ2n) is 11.7. The van der Waals surface area contributed by atoms with E-state index in [0.29, 0.717) is 19.4 Å². The number of amides is 2. The van der Waals surface area contributed by atoms with Crippen LogP contribution in [-0.2, 0) is 25.8 Å². The molecule has 0 unspecified atom stereocenters. The van der Waals surface area contributed by atoms with Gasteiger partial charge in [-0.1, -0.05) is 63.4 Å². The number of nitrogens with one attached hydrogen (secondary N) is 2. The van der Waals surface area contributed by atoms with Crippen LogP contribution in [0.15, 0.2) is 30.3 Å². The second kappa shape index (κ2) is 17.7. The third-order valence-corrected chi connectivity index (χ3v) is 8.07. The molecule has 2 aliphatic rings. The molecule has 9 heteroatoms. The minimum atomic E-state index is -3.20. The molecule has 1 saturated carbocycles. The smallest absolute Gasteiger partial charge is 0.221 e. The van der Waals surface area contributed by atoms with E-state index in [2.05, 4.69) is 15.5 Å². The van der Waals surface area contributed by atoms with Crippen molar-refractivity contribution in [2.45, 2.75) is 97.2 Å². The molecular formula is C30H53N3O5S. The van der Waals surface area contributed by atoms with E-state index in [0.717, 1.165) is 36.7 Å². The monoisotopic (exact) mass is 567 g/mol. The summed E-state index contributed by atoms with van der Waals surface area (Å²) in [7, 11) is -3.20. The summed E-state index contributed by atoms with van der Waals surface area (Å²) >= 11 is 0. The Bertz CT molecular complexity index is 934. The quantitative estimate of drug-likeness (QED) is 0.372. The van der Waals surface area contributed by atoms with Crippen molar-refractivity contribution in [1.29, 1.82) is 0 Å². The number of carbonyl (C=O) groups excluding carboxylic acids is 2. The van der Waals surface area contributed by atoms with Crippen LogP contribution in [0.3, 0.4) is 0 Å². The van der Waals surface area contributed by atoms with Crippen LogP contribution in [0.1, 0.15) is 78.7 Å². The molecule has 0 aromatic heterocycles. The molecule has 3 N–H and O–H groups in total. The van der Waals surface area contributed by atoms with Crippen LogP contribution in [0.5, 0.6) is 0 Å². The van der Waals surface area contributed by atoms with Gasteiger partial charge < -0.3 is 20.6 Å². The first-order valence-electron chi connectivity index (χ1n) is 14.5. The lowest BCUT2D eigenvalue weighted by Gasteiger charge is -2.42. The zero-order valence-corrected chi connectivity index (χ0v) is 25.8. The summed E-state index contributed by atoms with van der Waals surface area (Å²) in [5, 5.41) is 16.5. The van der Waals surface area contributed by atoms with Crippen molar-refractivity contribution in [3.8, 4) is 0 Å². The molecule has 2 amide bonds. The van der Waals surface area contributed by atoms with Gasteiger partial charge in [-0.05, 0) is 64.0 Å². The maximum absolute atomic E-state index is 12.4. The second-order valence-corrected chi connectivity index (χ2v) is 13.9. The summed E-state index contributed by atoms with van der Waals surface area (Å²) in [6, 6.07) is 9.35. The number of piperidine rings is 1. The van der Waals surface area contributed by atoms with E-state index in [-0.39, 0.29) is 23.6 Å². The zero-order valence-electron chi connectivity index (χ0n) is 25.0. The fourth-order valence-corrected chi connectivity index (χ4v) is 5.68. The summed E-state index contributed by atoms with van der Waals surface area (Å²) < 4.78 is 22.8. The molecule has 2 fully saturated rings. The average Bonchev–Trinajstić information content (AvgIpc) is 2.88. The van der Waals surface area contributed by atoms with Gasteiger partial charge in [0.1, 0.15) is 9.84 Å². The molecule has 3 rings (SSSR count). The van der Waals surface area contributed by atoms with Crippen molar-refractivity contribution in [3.63, 3.8) is 0 Å². The van der Waals surface area contributed by atoms with Gasteiger partial charge in [-0.15, -0.1) is 0 Å². The minimum Gasteiger partial charge on any atom is -0.390 e. The van der Waals surface area contributed by atoms with Crippen LogP contribution < -0.4 is 10.6 Å². The number of hydrogen-bond acceptors (Lipinski definition) is 6. The highest BCUT2D eigenvalue weighted by atomic mass is 32.2. The Morgan fingerprint density at radius 1 is 1.10 bits per heavy atom. The van der Waals surface area contributed by atoms with Crippen LogP contribution in [-0.4, -0.2) is 80.1 Å². The molecule has 8 nitrogen and oxygen atoms in total. The van der Waals surface area contributed by atoms with Crippen LogP contribution in [0.2, 0.25) is 0 Å². The van der Waals surface area contributed by atoms with E-state index in [1.165, 1.54) is 32.1 Å². The molecular weight excluding hydrogens is 514 g/mol. The van der Waals surface area contributed by atoms with Crippen LogP contribution in [0.25, 0.3) is 0 Å². The molecule has 1 aromatic rings. The molecule has 1 aliphatic heterocycles. The SMILES string of the molecule is CC.CC(C)(C)NC=O.CS(=O)(=O)CCC(=O)N[C@@H](Cc1ccccc1)[C@H](O)CN1CC[C@@H]2CCCC[C@@H]2C1. The van der Waals surface area contributed by atoms with Crippen molar-refractivity contribution in [1.82, 2.24) is 15.5 Å². The summed E-state index contributed by atoms with van der Waals surface area (Å²) in [4.78, 5) is 24.4. The Labute approximate surface area is 237 Å². The first-order chi connectivity index (χ1) is 18.4. The zero-order chi connectivity index (χ0) is 29.5. The van der Waals surface area contributed by atoms with Crippen molar-refractivity contribution >= 4 is 22.2 Å². The van der Waals surface area contributed by atoms with Gasteiger partial charge in [-0.3, -0.25) is 9.59 Å². The fourth-order valence-electron chi connectivity index (χ4n) is 5.12. The van der Waals surface area contributed by atoms with Crippen LogP contribution in [0, 0.1) is 11.8 Å². The molecule has 4 atom stereocenters. The largest absolute Gasteiger partial charge is 0.390 e. The number of sulfone groups is 1. The Balaban J connectivity index is 0.000000735. The molecule has 1 heterocycles. The predicted molar refractivity (Wildman–Crippen MR) is 159 cm³/mol. The number of aliphatic hydroxyl groups excluding tert-OH is 1. The molecule has 1 saturated heterocycles. The first-order valence-corrected chi connectivity index (χ1v) is 16.5. The van der Waals surface area contributed by atoms with Crippen molar-refractivity contribution in [2.24, 2.45) is 11.8 Å². The molecule has 0 radical (unpaired) electrons. The van der Waals surface area contributed by atoms with Gasteiger partial charge in [-0.2, -0.15) is 0 Å². The van der Waals surface area contributed by atoms with Gasteiger partial charge in [-0.25, -0.2) is 8.42 Å². The average molecular weight is 568 g/mol. The Hall–Kier alpha value is -1.97. The topological polar surface area (TPSA) is 116 Å². The lowest BCUT2D eigenvalue weighted by atomic mass is 9.75. The molecule has 39 heavy (non-hydrogen) atoms. The van der Waals surface area contributed by atoms with E-state index in [4.69, 9.17) is 0 Å². The maximum Gasteiger partial charge on any atom is 0.221 e. The van der Waals surface area contributed by atoms with E-state index in [1.807, 2.05) is 65.0 Å². The van der Waals surface area contributed by atoms with E-state index < -0.39 is 22.0 Å². The van der Waals surface area contributed by atoms with Crippen molar-refractivity contribution in [2.75, 3.05) is 31.6 Å². The number of rotatable bonds is 10. The highest BCUT2D eigenvalue weighted by Gasteiger charge is 2.33. The van der Waals surface area contributed by atoms with Gasteiger partial charge in [0.05, 0.1) is 17.9 Å². The molecule has 1 aliphatic carbocycles. The summed E-state index contributed by atoms with van der Waals surface area (Å²) in [6.45, 7) is 12.4. The molecule has 224 valence electrons. The third kappa shape index (κ3) is 15.4. The normalized spacial score (nSPS) is 21.0. The highest BCUT2D eigenvalue weighted by Crippen LogP contribution is 2.36. The summed E-state index contributed by atoms with van der Waals surface area (Å²) in [5.41, 5.74) is 0.970. The van der Waals surface area contributed by atoms with Crippen molar-refractivity contribution < 1.29 is 23.1 Å². The number of nitrogens with zero attached hydrogens (tertiary/aromatic N) is 1. The first kappa shape index (κ1) is 35.1. The van der Waals surface area contributed by atoms with Gasteiger partial charge in [0.2, 0.25) is 12.3 Å². The lowest BCUT2D eigenvalue weighted by molar-refractivity contribution is -0.122.